The summed E-state index contributed by atoms with van der Waals surface area (Å²) in [6.45, 7) is 2.04. The van der Waals surface area contributed by atoms with Gasteiger partial charge in [-0.3, -0.25) is 9.48 Å². The molecule has 1 amide bonds. The number of rotatable bonds is 8. The van der Waals surface area contributed by atoms with Gasteiger partial charge >= 0.3 is 5.97 Å². The first-order chi connectivity index (χ1) is 8.58. The molecule has 6 nitrogen and oxygen atoms in total. The number of amides is 1. The van der Waals surface area contributed by atoms with Crippen molar-refractivity contribution in [3.63, 3.8) is 0 Å². The average Bonchev–Trinajstić information content (AvgIpc) is 2.69. The molecule has 0 aromatic carbocycles. The molecule has 1 heterocycles. The van der Waals surface area contributed by atoms with E-state index in [0.717, 1.165) is 17.8 Å². The van der Waals surface area contributed by atoms with Crippen LogP contribution in [-0.4, -0.2) is 39.1 Å². The fourth-order valence-electron chi connectivity index (χ4n) is 1.43. The van der Waals surface area contributed by atoms with E-state index in [4.69, 9.17) is 5.11 Å². The summed E-state index contributed by atoms with van der Waals surface area (Å²) >= 11 is 1.46. The molecule has 0 saturated heterocycles. The third-order valence-corrected chi connectivity index (χ3v) is 3.56. The van der Waals surface area contributed by atoms with Gasteiger partial charge in [-0.05, 0) is 12.5 Å². The second-order valence-corrected chi connectivity index (χ2v) is 4.82. The highest BCUT2D eigenvalue weighted by Crippen LogP contribution is 2.14. The van der Waals surface area contributed by atoms with Crippen LogP contribution in [0, 0.1) is 0 Å². The minimum atomic E-state index is -1.02. The van der Waals surface area contributed by atoms with Gasteiger partial charge in [-0.2, -0.15) is 16.9 Å². The number of nitrogens with zero attached hydrogens (tertiary/aromatic N) is 2. The van der Waals surface area contributed by atoms with Gasteiger partial charge < -0.3 is 10.4 Å². The van der Waals surface area contributed by atoms with Crippen molar-refractivity contribution in [2.45, 2.75) is 25.1 Å². The van der Waals surface area contributed by atoms with Crippen LogP contribution in [-0.2, 0) is 28.8 Å². The van der Waals surface area contributed by atoms with E-state index in [1.54, 1.807) is 4.68 Å². The number of carbonyl (C=O) groups excluding carboxylic acids is 1. The van der Waals surface area contributed by atoms with Crippen molar-refractivity contribution in [1.82, 2.24) is 15.1 Å². The van der Waals surface area contributed by atoms with Crippen LogP contribution in [0.5, 0.6) is 0 Å². The monoisotopic (exact) mass is 271 g/mol. The number of carboxylic acids is 1. The topological polar surface area (TPSA) is 84.2 Å². The van der Waals surface area contributed by atoms with Crippen molar-refractivity contribution in [3.8, 4) is 0 Å². The van der Waals surface area contributed by atoms with Gasteiger partial charge in [0.15, 0.2) is 0 Å². The molecule has 0 aliphatic carbocycles. The molecule has 0 bridgehead atoms. The first-order valence-corrected chi connectivity index (χ1v) is 6.76. The first-order valence-electron chi connectivity index (χ1n) is 5.60. The molecule has 0 fully saturated rings. The number of thioether (sulfide) groups is 1. The molecule has 0 radical (unpaired) electrons. The maximum Gasteiger partial charge on any atom is 0.327 e. The maximum atomic E-state index is 10.8. The summed E-state index contributed by atoms with van der Waals surface area (Å²) < 4.78 is 1.80. The van der Waals surface area contributed by atoms with Crippen LogP contribution in [0.2, 0.25) is 0 Å². The number of aromatic nitrogens is 2. The van der Waals surface area contributed by atoms with E-state index in [-0.39, 0.29) is 0 Å². The summed E-state index contributed by atoms with van der Waals surface area (Å²) in [4.78, 5) is 21.0. The molecule has 1 aromatic heterocycles. The Bertz CT molecular complexity index is 420. The van der Waals surface area contributed by atoms with Crippen molar-refractivity contribution < 1.29 is 14.7 Å². The molecule has 18 heavy (non-hydrogen) atoms. The first kappa shape index (κ1) is 14.6. The van der Waals surface area contributed by atoms with Crippen LogP contribution in [0.25, 0.3) is 0 Å². The second-order valence-electron chi connectivity index (χ2n) is 3.79. The van der Waals surface area contributed by atoms with Crippen LogP contribution in [0.3, 0.4) is 0 Å². The Morgan fingerprint density at radius 3 is 2.94 bits per heavy atom. The Balaban J connectivity index is 2.46. The lowest BCUT2D eigenvalue weighted by Gasteiger charge is -2.10. The molecule has 0 saturated carbocycles. The van der Waals surface area contributed by atoms with Gasteiger partial charge in [0, 0.05) is 24.2 Å². The number of nitrogens with one attached hydrogen (secondary N) is 1. The summed E-state index contributed by atoms with van der Waals surface area (Å²) in [5.74, 6) is -0.0111. The van der Waals surface area contributed by atoms with E-state index in [1.807, 2.05) is 20.0 Å². The molecule has 100 valence electrons. The lowest BCUT2D eigenvalue weighted by atomic mass is 10.3. The zero-order valence-corrected chi connectivity index (χ0v) is 11.2. The predicted molar refractivity (Wildman–Crippen MR) is 69.4 cm³/mol. The summed E-state index contributed by atoms with van der Waals surface area (Å²) in [6, 6.07) is 1.17. The number of hydrogen-bond acceptors (Lipinski definition) is 4. The molecule has 7 heteroatoms. The maximum absolute atomic E-state index is 10.8. The Kier molecular flexibility index (Phi) is 5.70. The molecule has 1 rings (SSSR count). The highest BCUT2D eigenvalue weighted by Gasteiger charge is 2.16. The van der Waals surface area contributed by atoms with E-state index in [1.165, 1.54) is 11.8 Å². The lowest BCUT2D eigenvalue weighted by molar-refractivity contribution is -0.139. The van der Waals surface area contributed by atoms with Gasteiger partial charge in [0.2, 0.25) is 6.41 Å². The fraction of sp³-hybridized carbons (Fsp3) is 0.545. The molecular formula is C11H17N3O3S. The Hall–Kier alpha value is -1.50. The number of aryl methyl sites for hydroxylation is 2. The minimum absolute atomic E-state index is 0.334. The molecule has 2 N–H and O–H groups in total. The summed E-state index contributed by atoms with van der Waals surface area (Å²) in [5, 5.41) is 15.4. The smallest absolute Gasteiger partial charge is 0.327 e. The minimum Gasteiger partial charge on any atom is -0.480 e. The van der Waals surface area contributed by atoms with Crippen LogP contribution in [0.15, 0.2) is 6.07 Å². The van der Waals surface area contributed by atoms with Crippen molar-refractivity contribution in [1.29, 1.82) is 0 Å². The van der Waals surface area contributed by atoms with Gasteiger partial charge in [0.05, 0.1) is 5.69 Å². The molecule has 1 atom stereocenters. The fourth-order valence-corrected chi connectivity index (χ4v) is 2.51. The lowest BCUT2D eigenvalue weighted by Crippen LogP contribution is -2.37. The number of aliphatic carboxylic acids is 1. The quantitative estimate of drug-likeness (QED) is 0.669. The zero-order valence-electron chi connectivity index (χ0n) is 10.4. The molecular weight excluding hydrogens is 254 g/mol. The predicted octanol–water partition coefficient (Wildman–Crippen LogP) is 0.415. The van der Waals surface area contributed by atoms with Crippen LogP contribution in [0.4, 0.5) is 0 Å². The van der Waals surface area contributed by atoms with Crippen LogP contribution in [0.1, 0.15) is 18.3 Å². The summed E-state index contributed by atoms with van der Waals surface area (Å²) in [6.07, 6.45) is 1.29. The van der Waals surface area contributed by atoms with Gasteiger partial charge in [-0.15, -0.1) is 0 Å². The number of carboxylic acid groups (broad SMARTS) is 1. The van der Waals surface area contributed by atoms with Gasteiger partial charge in [0.25, 0.3) is 0 Å². The zero-order chi connectivity index (χ0) is 13.5. The standard InChI is InChI=1S/C11H17N3O3S/c1-3-8-4-9(14(2)13-8)5-18-6-10(11(16)17)12-7-15/h4,7,10H,3,5-6H2,1-2H3,(H,12,15)(H,16,17). The van der Waals surface area contributed by atoms with Gasteiger partial charge in [-0.1, -0.05) is 6.92 Å². The van der Waals surface area contributed by atoms with E-state index < -0.39 is 12.0 Å². The Morgan fingerprint density at radius 2 is 2.44 bits per heavy atom. The van der Waals surface area contributed by atoms with E-state index in [9.17, 15) is 9.59 Å². The SMILES string of the molecule is CCc1cc(CSCC(NC=O)C(=O)O)n(C)n1. The third-order valence-electron chi connectivity index (χ3n) is 2.49. The average molecular weight is 271 g/mol. The van der Waals surface area contributed by atoms with Crippen molar-refractivity contribution >= 4 is 24.1 Å². The molecule has 1 aromatic rings. The molecule has 0 spiro atoms. The third kappa shape index (κ3) is 4.06. The Labute approximate surface area is 110 Å². The molecule has 1 unspecified atom stereocenters. The highest BCUT2D eigenvalue weighted by molar-refractivity contribution is 7.98. The molecule has 0 aliphatic heterocycles. The van der Waals surface area contributed by atoms with Crippen LogP contribution >= 0.6 is 11.8 Å². The van der Waals surface area contributed by atoms with E-state index in [0.29, 0.717) is 17.9 Å². The van der Waals surface area contributed by atoms with Crippen molar-refractivity contribution in [2.75, 3.05) is 5.75 Å². The van der Waals surface area contributed by atoms with E-state index >= 15 is 0 Å². The number of carbonyl (C=O) groups is 2. The van der Waals surface area contributed by atoms with Crippen LogP contribution < -0.4 is 5.32 Å². The molecule has 0 aliphatic rings. The van der Waals surface area contributed by atoms with Gasteiger partial charge in [-0.25, -0.2) is 4.79 Å². The Morgan fingerprint density at radius 1 is 1.72 bits per heavy atom. The van der Waals surface area contributed by atoms with Crippen molar-refractivity contribution in [3.05, 3.63) is 17.5 Å². The van der Waals surface area contributed by atoms with Gasteiger partial charge in [0.1, 0.15) is 6.04 Å². The highest BCUT2D eigenvalue weighted by atomic mass is 32.2. The van der Waals surface area contributed by atoms with E-state index in [2.05, 4.69) is 10.4 Å². The number of hydrogen-bond donors (Lipinski definition) is 2. The largest absolute Gasteiger partial charge is 0.480 e. The second kappa shape index (κ2) is 7.05. The summed E-state index contributed by atoms with van der Waals surface area (Å²) in [7, 11) is 1.87. The normalized spacial score (nSPS) is 12.1. The van der Waals surface area contributed by atoms with Crippen molar-refractivity contribution in [2.24, 2.45) is 7.05 Å². The summed E-state index contributed by atoms with van der Waals surface area (Å²) in [5.41, 5.74) is 2.07.